The van der Waals surface area contributed by atoms with Gasteiger partial charge in [-0.05, 0) is 33.6 Å². The first-order chi connectivity index (χ1) is 10.0. The van der Waals surface area contributed by atoms with Gasteiger partial charge in [0.15, 0.2) is 0 Å². The van der Waals surface area contributed by atoms with E-state index in [1.807, 2.05) is 20.8 Å². The van der Waals surface area contributed by atoms with Gasteiger partial charge >= 0.3 is 0 Å². The number of hydrogen-bond donors (Lipinski definition) is 3. The van der Waals surface area contributed by atoms with Crippen molar-refractivity contribution in [1.29, 1.82) is 0 Å². The van der Waals surface area contributed by atoms with Crippen LogP contribution in [0.2, 0.25) is 0 Å². The molecule has 0 aliphatic heterocycles. The van der Waals surface area contributed by atoms with E-state index in [1.54, 1.807) is 0 Å². The van der Waals surface area contributed by atoms with Crippen LogP contribution in [0.25, 0.3) is 0 Å². The third-order valence-electron chi connectivity index (χ3n) is 3.50. The standard InChI is InChI=1S/C14H28N6O/c1-6-15-12-17-13(16-11(5)10(4)9-21)19-14(18-12)20(7-2)8-3/h10-11,21H,6-9H2,1-5H3,(H2,15,16,17,18,19). The normalized spacial score (nSPS) is 13.6. The molecule has 7 heteroatoms. The van der Waals surface area contributed by atoms with Gasteiger partial charge in [-0.25, -0.2) is 0 Å². The van der Waals surface area contributed by atoms with Crippen molar-refractivity contribution in [2.24, 2.45) is 5.92 Å². The van der Waals surface area contributed by atoms with Crippen molar-refractivity contribution in [3.8, 4) is 0 Å². The molecule has 120 valence electrons. The SMILES string of the molecule is CCNc1nc(NC(C)C(C)CO)nc(N(CC)CC)n1. The first-order valence-corrected chi connectivity index (χ1v) is 7.67. The number of nitrogens with one attached hydrogen (secondary N) is 2. The summed E-state index contributed by atoms with van der Waals surface area (Å²) in [5.74, 6) is 1.90. The second kappa shape index (κ2) is 8.61. The molecule has 2 atom stereocenters. The fourth-order valence-electron chi connectivity index (χ4n) is 1.82. The van der Waals surface area contributed by atoms with Gasteiger partial charge in [0.05, 0.1) is 0 Å². The zero-order chi connectivity index (χ0) is 15.8. The van der Waals surface area contributed by atoms with E-state index in [-0.39, 0.29) is 18.6 Å². The Hall–Kier alpha value is -1.63. The van der Waals surface area contributed by atoms with Crippen LogP contribution in [0, 0.1) is 5.92 Å². The van der Waals surface area contributed by atoms with Gasteiger partial charge in [0.25, 0.3) is 0 Å². The molecule has 0 fully saturated rings. The summed E-state index contributed by atoms with van der Waals surface area (Å²) < 4.78 is 0. The molecule has 0 amide bonds. The molecule has 0 radical (unpaired) electrons. The smallest absolute Gasteiger partial charge is 0.231 e. The molecule has 1 aromatic rings. The maximum absolute atomic E-state index is 9.23. The monoisotopic (exact) mass is 296 g/mol. The van der Waals surface area contributed by atoms with Crippen LogP contribution in [0.15, 0.2) is 0 Å². The van der Waals surface area contributed by atoms with Crippen LogP contribution in [0.3, 0.4) is 0 Å². The second-order valence-corrected chi connectivity index (χ2v) is 5.08. The van der Waals surface area contributed by atoms with Crippen molar-refractivity contribution in [2.75, 3.05) is 41.8 Å². The Bertz CT molecular complexity index is 424. The third-order valence-corrected chi connectivity index (χ3v) is 3.50. The van der Waals surface area contributed by atoms with Gasteiger partial charge < -0.3 is 20.6 Å². The maximum atomic E-state index is 9.23. The average molecular weight is 296 g/mol. The van der Waals surface area contributed by atoms with Crippen molar-refractivity contribution in [3.63, 3.8) is 0 Å². The van der Waals surface area contributed by atoms with Crippen LogP contribution in [0.1, 0.15) is 34.6 Å². The van der Waals surface area contributed by atoms with Gasteiger partial charge in [0, 0.05) is 32.3 Å². The Balaban J connectivity index is 3.01. The summed E-state index contributed by atoms with van der Waals surface area (Å²) in [6.07, 6.45) is 0. The molecule has 1 aromatic heterocycles. The fourth-order valence-corrected chi connectivity index (χ4v) is 1.82. The topological polar surface area (TPSA) is 86.2 Å². The first kappa shape index (κ1) is 17.4. The predicted octanol–water partition coefficient (Wildman–Crippen LogP) is 1.58. The zero-order valence-electron chi connectivity index (χ0n) is 13.7. The number of anilines is 3. The van der Waals surface area contributed by atoms with E-state index in [9.17, 15) is 5.11 Å². The van der Waals surface area contributed by atoms with Gasteiger partial charge in [-0.2, -0.15) is 15.0 Å². The van der Waals surface area contributed by atoms with Crippen LogP contribution < -0.4 is 15.5 Å². The van der Waals surface area contributed by atoms with Crippen molar-refractivity contribution >= 4 is 17.8 Å². The number of hydrogen-bond acceptors (Lipinski definition) is 7. The lowest BCUT2D eigenvalue weighted by atomic mass is 10.1. The Morgan fingerprint density at radius 1 is 1.05 bits per heavy atom. The maximum Gasteiger partial charge on any atom is 0.231 e. The van der Waals surface area contributed by atoms with Crippen LogP contribution in [0.4, 0.5) is 17.8 Å². The van der Waals surface area contributed by atoms with Crippen molar-refractivity contribution in [2.45, 2.75) is 40.7 Å². The predicted molar refractivity (Wildman–Crippen MR) is 86.9 cm³/mol. The van der Waals surface area contributed by atoms with E-state index in [0.29, 0.717) is 17.8 Å². The fraction of sp³-hybridized carbons (Fsp3) is 0.786. The molecule has 1 rings (SSSR count). The highest BCUT2D eigenvalue weighted by atomic mass is 16.3. The van der Waals surface area contributed by atoms with E-state index < -0.39 is 0 Å². The number of aliphatic hydroxyl groups excluding tert-OH is 1. The summed E-state index contributed by atoms with van der Waals surface area (Å²) in [7, 11) is 0. The van der Waals surface area contributed by atoms with Gasteiger partial charge in [-0.3, -0.25) is 0 Å². The highest BCUT2D eigenvalue weighted by molar-refractivity contribution is 5.44. The van der Waals surface area contributed by atoms with E-state index in [4.69, 9.17) is 0 Å². The molecule has 3 N–H and O–H groups in total. The minimum absolute atomic E-state index is 0.0800. The number of nitrogens with zero attached hydrogens (tertiary/aromatic N) is 4. The molecule has 0 saturated heterocycles. The molecule has 0 aliphatic carbocycles. The summed E-state index contributed by atoms with van der Waals surface area (Å²) in [5.41, 5.74) is 0. The van der Waals surface area contributed by atoms with Crippen LogP contribution in [0.5, 0.6) is 0 Å². The largest absolute Gasteiger partial charge is 0.396 e. The van der Waals surface area contributed by atoms with Crippen molar-refractivity contribution < 1.29 is 5.11 Å². The van der Waals surface area contributed by atoms with Crippen LogP contribution >= 0.6 is 0 Å². The molecule has 21 heavy (non-hydrogen) atoms. The molecule has 0 spiro atoms. The molecule has 1 heterocycles. The Morgan fingerprint density at radius 2 is 1.67 bits per heavy atom. The molecular formula is C14H28N6O. The summed E-state index contributed by atoms with van der Waals surface area (Å²) in [6.45, 7) is 12.7. The number of rotatable bonds is 9. The van der Waals surface area contributed by atoms with E-state index in [0.717, 1.165) is 19.6 Å². The van der Waals surface area contributed by atoms with Gasteiger partial charge in [0.2, 0.25) is 17.8 Å². The Morgan fingerprint density at radius 3 is 2.19 bits per heavy atom. The molecule has 0 bridgehead atoms. The lowest BCUT2D eigenvalue weighted by Gasteiger charge is -2.22. The van der Waals surface area contributed by atoms with Gasteiger partial charge in [-0.15, -0.1) is 0 Å². The minimum Gasteiger partial charge on any atom is -0.396 e. The molecule has 2 unspecified atom stereocenters. The molecular weight excluding hydrogens is 268 g/mol. The third kappa shape index (κ3) is 5.00. The minimum atomic E-state index is 0.0800. The highest BCUT2D eigenvalue weighted by Gasteiger charge is 2.15. The van der Waals surface area contributed by atoms with Crippen molar-refractivity contribution in [3.05, 3.63) is 0 Å². The Labute approximate surface area is 127 Å². The highest BCUT2D eigenvalue weighted by Crippen LogP contribution is 2.15. The number of aliphatic hydroxyl groups is 1. The second-order valence-electron chi connectivity index (χ2n) is 5.08. The van der Waals surface area contributed by atoms with E-state index in [2.05, 4.69) is 44.3 Å². The summed E-state index contributed by atoms with van der Waals surface area (Å²) in [4.78, 5) is 15.4. The summed E-state index contributed by atoms with van der Waals surface area (Å²) >= 11 is 0. The summed E-state index contributed by atoms with van der Waals surface area (Å²) in [5, 5.41) is 15.6. The average Bonchev–Trinajstić information content (AvgIpc) is 2.47. The van der Waals surface area contributed by atoms with Crippen LogP contribution in [-0.2, 0) is 0 Å². The number of aromatic nitrogens is 3. The van der Waals surface area contributed by atoms with Gasteiger partial charge in [0.1, 0.15) is 0 Å². The summed E-state index contributed by atoms with van der Waals surface area (Å²) in [6, 6.07) is 0.0800. The van der Waals surface area contributed by atoms with E-state index in [1.165, 1.54) is 0 Å². The molecule has 0 aromatic carbocycles. The molecule has 7 nitrogen and oxygen atoms in total. The quantitative estimate of drug-likeness (QED) is 0.638. The Kier molecular flexibility index (Phi) is 7.14. The molecule has 0 aliphatic rings. The lowest BCUT2D eigenvalue weighted by Crippen LogP contribution is -2.29. The first-order valence-electron chi connectivity index (χ1n) is 7.67. The van der Waals surface area contributed by atoms with Gasteiger partial charge in [-0.1, -0.05) is 6.92 Å². The van der Waals surface area contributed by atoms with E-state index >= 15 is 0 Å². The lowest BCUT2D eigenvalue weighted by molar-refractivity contribution is 0.226. The zero-order valence-corrected chi connectivity index (χ0v) is 13.7. The van der Waals surface area contributed by atoms with Crippen LogP contribution in [-0.4, -0.2) is 52.3 Å². The molecule has 0 saturated carbocycles. The van der Waals surface area contributed by atoms with Crippen molar-refractivity contribution in [1.82, 2.24) is 15.0 Å².